The average molecular weight is 299 g/mol. The maximum absolute atomic E-state index is 11.9. The molecule has 106 valence electrons. The summed E-state index contributed by atoms with van der Waals surface area (Å²) in [5.41, 5.74) is 3.29. The Kier molecular flexibility index (Phi) is 3.79. The quantitative estimate of drug-likeness (QED) is 0.804. The summed E-state index contributed by atoms with van der Waals surface area (Å²) < 4.78 is 13.8. The average Bonchev–Trinajstić information content (AvgIpc) is 2.94. The molecule has 0 saturated heterocycles. The number of aryl methyl sites for hydroxylation is 1. The van der Waals surface area contributed by atoms with Crippen LogP contribution in [-0.4, -0.2) is 21.3 Å². The van der Waals surface area contributed by atoms with Gasteiger partial charge in [0, 0.05) is 5.69 Å². The third-order valence-electron chi connectivity index (χ3n) is 2.99. The molecule has 3 rings (SSSR count). The Bertz CT molecular complexity index is 785. The zero-order chi connectivity index (χ0) is 14.7. The monoisotopic (exact) mass is 299 g/mol. The molecule has 1 aromatic heterocycles. The molecule has 0 radical (unpaired) electrons. The van der Waals surface area contributed by atoms with Gasteiger partial charge in [-0.25, -0.2) is 0 Å². The first-order valence-electron chi connectivity index (χ1n) is 6.43. The molecule has 1 heterocycles. The van der Waals surface area contributed by atoms with Gasteiger partial charge in [0.15, 0.2) is 6.61 Å². The number of nitrogens with zero attached hydrogens (tertiary/aromatic N) is 2. The number of hydrogen-bond donors (Lipinski definition) is 1. The molecule has 3 aromatic rings. The van der Waals surface area contributed by atoms with Crippen molar-refractivity contribution in [3.63, 3.8) is 0 Å². The van der Waals surface area contributed by atoms with Gasteiger partial charge in [-0.3, -0.25) is 4.79 Å². The van der Waals surface area contributed by atoms with Crippen molar-refractivity contribution in [1.82, 2.24) is 8.75 Å². The van der Waals surface area contributed by atoms with Crippen molar-refractivity contribution in [2.75, 3.05) is 11.9 Å². The van der Waals surface area contributed by atoms with E-state index in [1.165, 1.54) is 0 Å². The van der Waals surface area contributed by atoms with Crippen LogP contribution >= 0.6 is 11.7 Å². The topological polar surface area (TPSA) is 64.1 Å². The van der Waals surface area contributed by atoms with Crippen LogP contribution < -0.4 is 10.1 Å². The van der Waals surface area contributed by atoms with E-state index >= 15 is 0 Å². The Hall–Kier alpha value is -2.47. The van der Waals surface area contributed by atoms with Crippen LogP contribution in [0.5, 0.6) is 5.75 Å². The zero-order valence-electron chi connectivity index (χ0n) is 11.4. The number of para-hydroxylation sites is 1. The predicted octanol–water partition coefficient (Wildman–Crippen LogP) is 3.02. The lowest BCUT2D eigenvalue weighted by Crippen LogP contribution is -2.20. The van der Waals surface area contributed by atoms with Gasteiger partial charge in [-0.15, -0.1) is 0 Å². The molecule has 0 aliphatic carbocycles. The summed E-state index contributed by atoms with van der Waals surface area (Å²) in [6.45, 7) is 1.91. The van der Waals surface area contributed by atoms with E-state index in [1.54, 1.807) is 12.1 Å². The van der Waals surface area contributed by atoms with Crippen LogP contribution in [0.1, 0.15) is 5.56 Å². The van der Waals surface area contributed by atoms with Crippen molar-refractivity contribution < 1.29 is 9.53 Å². The largest absolute Gasteiger partial charge is 0.483 e. The molecule has 0 unspecified atom stereocenters. The van der Waals surface area contributed by atoms with E-state index in [-0.39, 0.29) is 12.5 Å². The Morgan fingerprint density at radius 1 is 1.19 bits per heavy atom. The van der Waals surface area contributed by atoms with Gasteiger partial charge in [-0.05, 0) is 36.8 Å². The molecule has 2 aromatic carbocycles. The van der Waals surface area contributed by atoms with E-state index in [1.807, 2.05) is 37.3 Å². The Morgan fingerprint density at radius 2 is 2.00 bits per heavy atom. The molecule has 0 aliphatic heterocycles. The number of aromatic nitrogens is 2. The van der Waals surface area contributed by atoms with Gasteiger partial charge in [0.1, 0.15) is 16.8 Å². The van der Waals surface area contributed by atoms with Gasteiger partial charge in [-0.2, -0.15) is 8.75 Å². The summed E-state index contributed by atoms with van der Waals surface area (Å²) in [5, 5.41) is 2.79. The van der Waals surface area contributed by atoms with E-state index in [9.17, 15) is 4.79 Å². The van der Waals surface area contributed by atoms with Gasteiger partial charge >= 0.3 is 0 Å². The SMILES string of the molecule is Cc1ccccc1OCC(=O)Nc1ccc2nsnc2c1. The highest BCUT2D eigenvalue weighted by Gasteiger charge is 2.06. The highest BCUT2D eigenvalue weighted by Crippen LogP contribution is 2.18. The second kappa shape index (κ2) is 5.88. The minimum absolute atomic E-state index is 0.0296. The van der Waals surface area contributed by atoms with Crippen molar-refractivity contribution in [3.05, 3.63) is 48.0 Å². The first kappa shape index (κ1) is 13.5. The standard InChI is InChI=1S/C15H13N3O2S/c1-10-4-2-3-5-14(10)20-9-15(19)16-11-6-7-12-13(8-11)18-21-17-12/h2-8H,9H2,1H3,(H,16,19). The maximum Gasteiger partial charge on any atom is 0.262 e. The fourth-order valence-corrected chi connectivity index (χ4v) is 2.44. The van der Waals surface area contributed by atoms with E-state index < -0.39 is 0 Å². The first-order chi connectivity index (χ1) is 10.2. The van der Waals surface area contributed by atoms with Crippen LogP contribution in [0.4, 0.5) is 5.69 Å². The number of ether oxygens (including phenoxy) is 1. The minimum Gasteiger partial charge on any atom is -0.483 e. The summed E-state index contributed by atoms with van der Waals surface area (Å²) in [5.74, 6) is 0.507. The van der Waals surface area contributed by atoms with Crippen LogP contribution in [0.2, 0.25) is 0 Å². The molecule has 0 saturated carbocycles. The second-order valence-corrected chi connectivity index (χ2v) is 5.10. The van der Waals surface area contributed by atoms with Crippen LogP contribution in [0, 0.1) is 6.92 Å². The number of hydrogen-bond acceptors (Lipinski definition) is 5. The molecule has 0 atom stereocenters. The normalized spacial score (nSPS) is 10.5. The second-order valence-electron chi connectivity index (χ2n) is 4.57. The van der Waals surface area contributed by atoms with Gasteiger partial charge in [0.25, 0.3) is 5.91 Å². The molecular formula is C15H13N3O2S. The van der Waals surface area contributed by atoms with E-state index in [0.717, 1.165) is 28.3 Å². The highest BCUT2D eigenvalue weighted by molar-refractivity contribution is 7.00. The van der Waals surface area contributed by atoms with Crippen molar-refractivity contribution >= 4 is 34.4 Å². The molecule has 0 fully saturated rings. The summed E-state index contributed by atoms with van der Waals surface area (Å²) >= 11 is 1.15. The minimum atomic E-state index is -0.208. The molecule has 5 nitrogen and oxygen atoms in total. The first-order valence-corrected chi connectivity index (χ1v) is 7.16. The lowest BCUT2D eigenvalue weighted by molar-refractivity contribution is -0.118. The Morgan fingerprint density at radius 3 is 2.86 bits per heavy atom. The number of fused-ring (bicyclic) bond motifs is 1. The van der Waals surface area contributed by atoms with Crippen molar-refractivity contribution in [2.45, 2.75) is 6.92 Å². The molecule has 6 heteroatoms. The van der Waals surface area contributed by atoms with Gasteiger partial charge in [-0.1, -0.05) is 18.2 Å². The molecular weight excluding hydrogens is 286 g/mol. The van der Waals surface area contributed by atoms with Crippen LogP contribution in [-0.2, 0) is 4.79 Å². The number of carbonyl (C=O) groups is 1. The molecule has 21 heavy (non-hydrogen) atoms. The molecule has 1 N–H and O–H groups in total. The fraction of sp³-hybridized carbons (Fsp3) is 0.133. The van der Waals surface area contributed by atoms with E-state index in [4.69, 9.17) is 4.74 Å². The van der Waals surface area contributed by atoms with Crippen molar-refractivity contribution in [2.24, 2.45) is 0 Å². The summed E-state index contributed by atoms with van der Waals surface area (Å²) in [6.07, 6.45) is 0. The smallest absolute Gasteiger partial charge is 0.262 e. The Labute approximate surface area is 125 Å². The lowest BCUT2D eigenvalue weighted by atomic mass is 10.2. The molecule has 0 aliphatic rings. The number of nitrogens with one attached hydrogen (secondary N) is 1. The number of benzene rings is 2. The maximum atomic E-state index is 11.9. The fourth-order valence-electron chi connectivity index (χ4n) is 1.92. The highest BCUT2D eigenvalue weighted by atomic mass is 32.1. The molecule has 0 bridgehead atoms. The summed E-state index contributed by atoms with van der Waals surface area (Å²) in [7, 11) is 0. The Balaban J connectivity index is 1.62. The van der Waals surface area contributed by atoms with Crippen molar-refractivity contribution in [1.29, 1.82) is 0 Å². The number of rotatable bonds is 4. The van der Waals surface area contributed by atoms with Gasteiger partial charge in [0.2, 0.25) is 0 Å². The number of anilines is 1. The third-order valence-corrected chi connectivity index (χ3v) is 3.55. The van der Waals surface area contributed by atoms with E-state index in [0.29, 0.717) is 11.4 Å². The lowest BCUT2D eigenvalue weighted by Gasteiger charge is -2.09. The van der Waals surface area contributed by atoms with Crippen LogP contribution in [0.15, 0.2) is 42.5 Å². The third kappa shape index (κ3) is 3.17. The van der Waals surface area contributed by atoms with E-state index in [2.05, 4.69) is 14.1 Å². The summed E-state index contributed by atoms with van der Waals surface area (Å²) in [4.78, 5) is 11.9. The predicted molar refractivity (Wildman–Crippen MR) is 82.7 cm³/mol. The van der Waals surface area contributed by atoms with Crippen LogP contribution in [0.25, 0.3) is 11.0 Å². The van der Waals surface area contributed by atoms with Crippen molar-refractivity contribution in [3.8, 4) is 5.75 Å². The number of carbonyl (C=O) groups excluding carboxylic acids is 1. The number of amides is 1. The van der Waals surface area contributed by atoms with Crippen LogP contribution in [0.3, 0.4) is 0 Å². The molecule has 1 amide bonds. The zero-order valence-corrected chi connectivity index (χ0v) is 12.2. The van der Waals surface area contributed by atoms with Gasteiger partial charge in [0.05, 0.1) is 11.7 Å². The molecule has 0 spiro atoms. The summed E-state index contributed by atoms with van der Waals surface area (Å²) in [6, 6.07) is 13.0. The van der Waals surface area contributed by atoms with Gasteiger partial charge < -0.3 is 10.1 Å².